The summed E-state index contributed by atoms with van der Waals surface area (Å²) in [5, 5.41) is 6.85. The zero-order valence-electron chi connectivity index (χ0n) is 7.89. The third kappa shape index (κ3) is 3.32. The Morgan fingerprint density at radius 2 is 2.13 bits per heavy atom. The maximum Gasteiger partial charge on any atom is 0.170 e. The van der Waals surface area contributed by atoms with Crippen LogP contribution in [-0.4, -0.2) is 11.2 Å². The Labute approximate surface area is 97.8 Å². The van der Waals surface area contributed by atoms with Crippen molar-refractivity contribution in [2.24, 2.45) is 0 Å². The molecule has 2 nitrogen and oxygen atoms in total. The molecule has 1 aliphatic rings. The molecule has 0 aliphatic heterocycles. The molecule has 0 radical (unpaired) electrons. The van der Waals surface area contributed by atoms with Gasteiger partial charge in [-0.2, -0.15) is 0 Å². The van der Waals surface area contributed by atoms with Crippen LogP contribution in [0.2, 0.25) is 5.02 Å². The number of nitrogens with one attached hydrogen (secondary N) is 2. The fourth-order valence-electron chi connectivity index (χ4n) is 1.21. The molecule has 1 aromatic carbocycles. The molecule has 0 spiro atoms. The van der Waals surface area contributed by atoms with Crippen molar-refractivity contribution < 1.29 is 4.39 Å². The fraction of sp³-hybridized carbons (Fsp3) is 0.300. The van der Waals surface area contributed by atoms with Gasteiger partial charge in [0.25, 0.3) is 0 Å². The number of hydrogen-bond donors (Lipinski definition) is 2. The first-order valence-electron chi connectivity index (χ1n) is 4.67. The van der Waals surface area contributed by atoms with E-state index in [-0.39, 0.29) is 5.82 Å². The van der Waals surface area contributed by atoms with E-state index < -0.39 is 0 Å². The Kier molecular flexibility index (Phi) is 3.07. The van der Waals surface area contributed by atoms with Gasteiger partial charge in [0.15, 0.2) is 5.11 Å². The quantitative estimate of drug-likeness (QED) is 0.783. The van der Waals surface area contributed by atoms with E-state index in [2.05, 4.69) is 10.6 Å². The average Bonchev–Trinajstić information content (AvgIpc) is 2.85. The number of benzene rings is 1. The maximum absolute atomic E-state index is 13.0. The highest BCUT2D eigenvalue weighted by Gasteiger charge is 2.21. The Morgan fingerprint density at radius 1 is 1.40 bits per heavy atom. The second-order valence-corrected chi connectivity index (χ2v) is 4.38. The van der Waals surface area contributed by atoms with E-state index in [0.29, 0.717) is 21.9 Å². The molecule has 0 atom stereocenters. The van der Waals surface area contributed by atoms with Crippen LogP contribution in [0.1, 0.15) is 12.8 Å². The van der Waals surface area contributed by atoms with Crippen LogP contribution >= 0.6 is 23.8 Å². The third-order valence-electron chi connectivity index (χ3n) is 2.03. The van der Waals surface area contributed by atoms with Crippen molar-refractivity contribution in [3.63, 3.8) is 0 Å². The van der Waals surface area contributed by atoms with Crippen LogP contribution in [0.15, 0.2) is 18.2 Å². The van der Waals surface area contributed by atoms with Crippen molar-refractivity contribution in [2.75, 3.05) is 5.32 Å². The molecule has 0 heterocycles. The van der Waals surface area contributed by atoms with Gasteiger partial charge in [0.2, 0.25) is 0 Å². The van der Waals surface area contributed by atoms with Gasteiger partial charge in [-0.15, -0.1) is 0 Å². The summed E-state index contributed by atoms with van der Waals surface area (Å²) in [7, 11) is 0. The topological polar surface area (TPSA) is 24.1 Å². The molecule has 0 aromatic heterocycles. The SMILES string of the molecule is Fc1cc(Cl)cc(NC(=S)NC2CC2)c1. The predicted molar refractivity (Wildman–Crippen MR) is 63.8 cm³/mol. The Hall–Kier alpha value is -0.870. The van der Waals surface area contributed by atoms with E-state index in [1.54, 1.807) is 6.07 Å². The Bertz CT molecular complexity index is 373. The van der Waals surface area contributed by atoms with Gasteiger partial charge in [-0.3, -0.25) is 0 Å². The highest BCUT2D eigenvalue weighted by molar-refractivity contribution is 7.80. The van der Waals surface area contributed by atoms with Crippen molar-refractivity contribution in [3.8, 4) is 0 Å². The van der Waals surface area contributed by atoms with Crippen LogP contribution in [0.25, 0.3) is 0 Å². The number of halogens is 2. The van der Waals surface area contributed by atoms with Crippen LogP contribution in [-0.2, 0) is 0 Å². The van der Waals surface area contributed by atoms with E-state index in [0.717, 1.165) is 12.8 Å². The first kappa shape index (κ1) is 10.6. The van der Waals surface area contributed by atoms with Crippen LogP contribution in [0.3, 0.4) is 0 Å². The molecule has 2 rings (SSSR count). The minimum atomic E-state index is -0.376. The number of hydrogen-bond acceptors (Lipinski definition) is 1. The second-order valence-electron chi connectivity index (χ2n) is 3.53. The zero-order valence-corrected chi connectivity index (χ0v) is 9.46. The summed E-state index contributed by atoms with van der Waals surface area (Å²) >= 11 is 10.8. The molecule has 0 saturated heterocycles. The predicted octanol–water partition coefficient (Wildman–Crippen LogP) is 2.93. The first-order valence-corrected chi connectivity index (χ1v) is 5.46. The largest absolute Gasteiger partial charge is 0.360 e. The van der Waals surface area contributed by atoms with Gasteiger partial charge >= 0.3 is 0 Å². The van der Waals surface area contributed by atoms with Crippen LogP contribution in [0.4, 0.5) is 10.1 Å². The standard InChI is InChI=1S/C10H10ClFN2S/c11-6-3-7(12)5-9(4-6)14-10(15)13-8-1-2-8/h3-5,8H,1-2H2,(H2,13,14,15). The molecule has 15 heavy (non-hydrogen) atoms. The molecule has 0 unspecified atom stereocenters. The van der Waals surface area contributed by atoms with Crippen molar-refractivity contribution in [1.29, 1.82) is 0 Å². The van der Waals surface area contributed by atoms with E-state index in [4.69, 9.17) is 23.8 Å². The molecule has 5 heteroatoms. The third-order valence-corrected chi connectivity index (χ3v) is 2.47. The van der Waals surface area contributed by atoms with Crippen LogP contribution < -0.4 is 10.6 Å². The highest BCUT2D eigenvalue weighted by Crippen LogP contribution is 2.20. The second kappa shape index (κ2) is 4.33. The van der Waals surface area contributed by atoms with Crippen molar-refractivity contribution >= 4 is 34.6 Å². The smallest absolute Gasteiger partial charge is 0.170 e. The summed E-state index contributed by atoms with van der Waals surface area (Å²) in [6.07, 6.45) is 2.29. The van der Waals surface area contributed by atoms with E-state index >= 15 is 0 Å². The van der Waals surface area contributed by atoms with Gasteiger partial charge in [0.05, 0.1) is 0 Å². The molecular formula is C10H10ClFN2S. The van der Waals surface area contributed by atoms with E-state index in [1.165, 1.54) is 12.1 Å². The monoisotopic (exact) mass is 244 g/mol. The summed E-state index contributed by atoms with van der Waals surface area (Å²) in [6.45, 7) is 0. The van der Waals surface area contributed by atoms with Crippen LogP contribution in [0, 0.1) is 5.82 Å². The summed E-state index contributed by atoms with van der Waals surface area (Å²) in [6, 6.07) is 4.72. The number of rotatable bonds is 2. The number of thiocarbonyl (C=S) groups is 1. The van der Waals surface area contributed by atoms with Gasteiger partial charge in [0.1, 0.15) is 5.82 Å². The van der Waals surface area contributed by atoms with Gasteiger partial charge < -0.3 is 10.6 Å². The minimum Gasteiger partial charge on any atom is -0.360 e. The normalized spacial score (nSPS) is 14.8. The molecular weight excluding hydrogens is 235 g/mol. The van der Waals surface area contributed by atoms with Gasteiger partial charge in [0, 0.05) is 16.8 Å². The lowest BCUT2D eigenvalue weighted by Gasteiger charge is -2.09. The van der Waals surface area contributed by atoms with Crippen molar-refractivity contribution in [1.82, 2.24) is 5.32 Å². The van der Waals surface area contributed by atoms with E-state index in [1.807, 2.05) is 0 Å². The first-order chi connectivity index (χ1) is 7.13. The Morgan fingerprint density at radius 3 is 2.73 bits per heavy atom. The molecule has 2 N–H and O–H groups in total. The Balaban J connectivity index is 1.99. The lowest BCUT2D eigenvalue weighted by Crippen LogP contribution is -2.30. The fourth-order valence-corrected chi connectivity index (χ4v) is 1.71. The van der Waals surface area contributed by atoms with E-state index in [9.17, 15) is 4.39 Å². The summed E-state index contributed by atoms with van der Waals surface area (Å²) in [4.78, 5) is 0. The minimum absolute atomic E-state index is 0.353. The summed E-state index contributed by atoms with van der Waals surface area (Å²) in [5.41, 5.74) is 0.568. The van der Waals surface area contributed by atoms with Gasteiger partial charge in [-0.25, -0.2) is 4.39 Å². The summed E-state index contributed by atoms with van der Waals surface area (Å²) < 4.78 is 13.0. The molecule has 0 bridgehead atoms. The zero-order chi connectivity index (χ0) is 10.8. The van der Waals surface area contributed by atoms with Crippen molar-refractivity contribution in [3.05, 3.63) is 29.0 Å². The maximum atomic E-state index is 13.0. The molecule has 0 amide bonds. The summed E-state index contributed by atoms with van der Waals surface area (Å²) in [5.74, 6) is -0.376. The highest BCUT2D eigenvalue weighted by atomic mass is 35.5. The number of anilines is 1. The lowest BCUT2D eigenvalue weighted by atomic mass is 10.3. The molecule has 1 fully saturated rings. The lowest BCUT2D eigenvalue weighted by molar-refractivity contribution is 0.628. The van der Waals surface area contributed by atoms with Crippen LogP contribution in [0.5, 0.6) is 0 Å². The van der Waals surface area contributed by atoms with Gasteiger partial charge in [-0.05, 0) is 43.3 Å². The van der Waals surface area contributed by atoms with Gasteiger partial charge in [-0.1, -0.05) is 11.6 Å². The van der Waals surface area contributed by atoms with Crippen molar-refractivity contribution in [2.45, 2.75) is 18.9 Å². The molecule has 1 saturated carbocycles. The molecule has 80 valence electrons. The molecule has 1 aliphatic carbocycles. The average molecular weight is 245 g/mol. The molecule has 1 aromatic rings.